The van der Waals surface area contributed by atoms with Crippen molar-refractivity contribution >= 4 is 11.9 Å². The number of benzene rings is 1. The summed E-state index contributed by atoms with van der Waals surface area (Å²) in [7, 11) is 3.70. The third-order valence-electron chi connectivity index (χ3n) is 3.02. The lowest BCUT2D eigenvalue weighted by molar-refractivity contribution is -0.137. The van der Waals surface area contributed by atoms with E-state index in [0.29, 0.717) is 13.0 Å². The standard InChI is InChI=1S/C15H22N2O3/c1-11-6-8-12(9-7-11)14(17(2)3)15(20)16-10-4-5-13(18)19/h6-9,14H,4-5,10H2,1-3H3,(H,16,20)(H,18,19)/t14-/m0/s1. The molecular formula is C15H22N2O3. The number of nitrogens with zero attached hydrogens (tertiary/aromatic N) is 1. The molecule has 1 aromatic carbocycles. The van der Waals surface area contributed by atoms with Gasteiger partial charge in [0.25, 0.3) is 0 Å². The Morgan fingerprint density at radius 3 is 2.35 bits per heavy atom. The van der Waals surface area contributed by atoms with E-state index in [4.69, 9.17) is 5.11 Å². The zero-order valence-corrected chi connectivity index (χ0v) is 12.2. The molecule has 1 rings (SSSR count). The first-order chi connectivity index (χ1) is 9.41. The van der Waals surface area contributed by atoms with Gasteiger partial charge in [-0.05, 0) is 33.0 Å². The predicted molar refractivity (Wildman–Crippen MR) is 77.5 cm³/mol. The smallest absolute Gasteiger partial charge is 0.303 e. The second-order valence-corrected chi connectivity index (χ2v) is 5.07. The monoisotopic (exact) mass is 278 g/mol. The molecule has 0 unspecified atom stereocenters. The minimum absolute atomic E-state index is 0.0669. The molecule has 1 aromatic rings. The number of carbonyl (C=O) groups is 2. The molecule has 0 fully saturated rings. The Balaban J connectivity index is 2.64. The van der Waals surface area contributed by atoms with Gasteiger partial charge in [-0.2, -0.15) is 0 Å². The lowest BCUT2D eigenvalue weighted by atomic mass is 10.0. The molecule has 0 aliphatic carbocycles. The largest absolute Gasteiger partial charge is 0.481 e. The number of carboxylic acid groups (broad SMARTS) is 1. The second-order valence-electron chi connectivity index (χ2n) is 5.07. The van der Waals surface area contributed by atoms with Crippen LogP contribution in [0.3, 0.4) is 0 Å². The molecule has 20 heavy (non-hydrogen) atoms. The van der Waals surface area contributed by atoms with Gasteiger partial charge in [0.1, 0.15) is 6.04 Å². The van der Waals surface area contributed by atoms with Crippen molar-refractivity contribution < 1.29 is 14.7 Å². The van der Waals surface area contributed by atoms with Gasteiger partial charge < -0.3 is 10.4 Å². The van der Waals surface area contributed by atoms with Gasteiger partial charge in [0.2, 0.25) is 5.91 Å². The molecule has 0 aromatic heterocycles. The molecule has 0 bridgehead atoms. The number of hydrogen-bond acceptors (Lipinski definition) is 3. The maximum Gasteiger partial charge on any atom is 0.303 e. The van der Waals surface area contributed by atoms with Gasteiger partial charge in [-0.3, -0.25) is 14.5 Å². The van der Waals surface area contributed by atoms with Crippen LogP contribution in [-0.4, -0.2) is 42.5 Å². The van der Waals surface area contributed by atoms with E-state index in [-0.39, 0.29) is 18.4 Å². The van der Waals surface area contributed by atoms with Crippen molar-refractivity contribution in [3.05, 3.63) is 35.4 Å². The molecule has 0 heterocycles. The Hall–Kier alpha value is -1.88. The SMILES string of the molecule is Cc1ccc([C@@H](C(=O)NCCCC(=O)O)N(C)C)cc1. The lowest BCUT2D eigenvalue weighted by Crippen LogP contribution is -2.37. The summed E-state index contributed by atoms with van der Waals surface area (Å²) in [5, 5.41) is 11.3. The Kier molecular flexibility index (Phi) is 6.18. The highest BCUT2D eigenvalue weighted by Gasteiger charge is 2.22. The van der Waals surface area contributed by atoms with Crippen molar-refractivity contribution in [2.24, 2.45) is 0 Å². The van der Waals surface area contributed by atoms with E-state index >= 15 is 0 Å². The van der Waals surface area contributed by atoms with E-state index < -0.39 is 5.97 Å². The first-order valence-electron chi connectivity index (χ1n) is 6.64. The molecule has 2 N–H and O–H groups in total. The number of carbonyl (C=O) groups excluding carboxylic acids is 1. The fourth-order valence-electron chi connectivity index (χ4n) is 1.98. The van der Waals surface area contributed by atoms with Crippen LogP contribution in [0, 0.1) is 6.92 Å². The molecular weight excluding hydrogens is 256 g/mol. The molecule has 5 heteroatoms. The molecule has 0 aliphatic heterocycles. The summed E-state index contributed by atoms with van der Waals surface area (Å²) in [4.78, 5) is 24.5. The van der Waals surface area contributed by atoms with E-state index in [0.717, 1.165) is 11.1 Å². The van der Waals surface area contributed by atoms with Crippen LogP contribution >= 0.6 is 0 Å². The zero-order chi connectivity index (χ0) is 15.1. The number of rotatable bonds is 7. The van der Waals surface area contributed by atoms with Gasteiger partial charge in [0, 0.05) is 13.0 Å². The van der Waals surface area contributed by atoms with Crippen LogP contribution in [0.5, 0.6) is 0 Å². The van der Waals surface area contributed by atoms with Crippen molar-refractivity contribution in [2.45, 2.75) is 25.8 Å². The molecule has 0 saturated heterocycles. The summed E-state index contributed by atoms with van der Waals surface area (Å²) in [6.45, 7) is 2.38. The summed E-state index contributed by atoms with van der Waals surface area (Å²) in [6, 6.07) is 7.47. The number of hydrogen-bond donors (Lipinski definition) is 2. The number of nitrogens with one attached hydrogen (secondary N) is 1. The van der Waals surface area contributed by atoms with Gasteiger partial charge in [0.15, 0.2) is 0 Å². The molecule has 0 radical (unpaired) electrons. The summed E-state index contributed by atoms with van der Waals surface area (Å²) >= 11 is 0. The maximum absolute atomic E-state index is 12.2. The van der Waals surface area contributed by atoms with Crippen LogP contribution in [-0.2, 0) is 9.59 Å². The number of amides is 1. The van der Waals surface area contributed by atoms with Crippen LogP contribution < -0.4 is 5.32 Å². The molecule has 1 atom stereocenters. The number of likely N-dealkylation sites (N-methyl/N-ethyl adjacent to an activating group) is 1. The Labute approximate surface area is 119 Å². The molecule has 0 saturated carbocycles. The number of aliphatic carboxylic acids is 1. The number of aryl methyl sites for hydroxylation is 1. The first-order valence-corrected chi connectivity index (χ1v) is 6.64. The second kappa shape index (κ2) is 7.65. The van der Waals surface area contributed by atoms with Gasteiger partial charge in [-0.15, -0.1) is 0 Å². The fourth-order valence-corrected chi connectivity index (χ4v) is 1.98. The highest BCUT2D eigenvalue weighted by molar-refractivity contribution is 5.83. The van der Waals surface area contributed by atoms with Crippen LogP contribution in [0.2, 0.25) is 0 Å². The summed E-state index contributed by atoms with van der Waals surface area (Å²) in [5.41, 5.74) is 2.07. The minimum atomic E-state index is -0.845. The molecule has 0 aliphatic rings. The summed E-state index contributed by atoms with van der Waals surface area (Å²) in [5.74, 6) is -0.953. The van der Waals surface area contributed by atoms with Crippen molar-refractivity contribution in [1.82, 2.24) is 10.2 Å². The Morgan fingerprint density at radius 1 is 1.25 bits per heavy atom. The third kappa shape index (κ3) is 5.01. The average molecular weight is 278 g/mol. The summed E-state index contributed by atoms with van der Waals surface area (Å²) < 4.78 is 0. The molecule has 5 nitrogen and oxygen atoms in total. The lowest BCUT2D eigenvalue weighted by Gasteiger charge is -2.24. The van der Waals surface area contributed by atoms with E-state index in [1.807, 2.05) is 50.2 Å². The highest BCUT2D eigenvalue weighted by atomic mass is 16.4. The minimum Gasteiger partial charge on any atom is -0.481 e. The molecule has 1 amide bonds. The maximum atomic E-state index is 12.2. The van der Waals surface area contributed by atoms with E-state index in [9.17, 15) is 9.59 Å². The van der Waals surface area contributed by atoms with Crippen molar-refractivity contribution in [2.75, 3.05) is 20.6 Å². The van der Waals surface area contributed by atoms with Crippen molar-refractivity contribution in [3.8, 4) is 0 Å². The average Bonchev–Trinajstić information content (AvgIpc) is 2.36. The van der Waals surface area contributed by atoms with Crippen LogP contribution in [0.15, 0.2) is 24.3 Å². The van der Waals surface area contributed by atoms with Gasteiger partial charge in [-0.1, -0.05) is 29.8 Å². The van der Waals surface area contributed by atoms with E-state index in [1.54, 1.807) is 0 Å². The van der Waals surface area contributed by atoms with Gasteiger partial charge in [-0.25, -0.2) is 0 Å². The molecule has 0 spiro atoms. The third-order valence-corrected chi connectivity index (χ3v) is 3.02. The number of carboxylic acids is 1. The first kappa shape index (κ1) is 16.2. The topological polar surface area (TPSA) is 69.6 Å². The molecule has 110 valence electrons. The predicted octanol–water partition coefficient (Wildman–Crippen LogP) is 1.58. The highest BCUT2D eigenvalue weighted by Crippen LogP contribution is 2.18. The summed E-state index contributed by atoms with van der Waals surface area (Å²) in [6.07, 6.45) is 0.507. The van der Waals surface area contributed by atoms with Crippen LogP contribution in [0.1, 0.15) is 30.0 Å². The Bertz CT molecular complexity index is 455. The van der Waals surface area contributed by atoms with Crippen LogP contribution in [0.25, 0.3) is 0 Å². The zero-order valence-electron chi connectivity index (χ0n) is 12.2. The van der Waals surface area contributed by atoms with Crippen LogP contribution in [0.4, 0.5) is 0 Å². The van der Waals surface area contributed by atoms with Gasteiger partial charge >= 0.3 is 5.97 Å². The van der Waals surface area contributed by atoms with Gasteiger partial charge in [0.05, 0.1) is 0 Å². The van der Waals surface area contributed by atoms with E-state index in [2.05, 4.69) is 5.32 Å². The van der Waals surface area contributed by atoms with Crippen molar-refractivity contribution in [1.29, 1.82) is 0 Å². The van der Waals surface area contributed by atoms with E-state index in [1.165, 1.54) is 0 Å². The quantitative estimate of drug-likeness (QED) is 0.743. The fraction of sp³-hybridized carbons (Fsp3) is 0.467. The van der Waals surface area contributed by atoms with Crippen molar-refractivity contribution in [3.63, 3.8) is 0 Å². The normalized spacial score (nSPS) is 12.2. The Morgan fingerprint density at radius 2 is 1.85 bits per heavy atom.